The maximum absolute atomic E-state index is 12.7. The fourth-order valence-corrected chi connectivity index (χ4v) is 3.32. The van der Waals surface area contributed by atoms with Gasteiger partial charge >= 0.3 is 12.1 Å². The van der Waals surface area contributed by atoms with Crippen molar-refractivity contribution >= 4 is 23.9 Å². The van der Waals surface area contributed by atoms with Crippen LogP contribution in [0.15, 0.2) is 0 Å². The molecule has 1 aliphatic heterocycles. The molecular formula is C17H28N4O4. The number of amides is 6. The van der Waals surface area contributed by atoms with E-state index in [0.29, 0.717) is 25.3 Å². The lowest BCUT2D eigenvalue weighted by molar-refractivity contribution is -0.135. The van der Waals surface area contributed by atoms with Crippen LogP contribution in [0.5, 0.6) is 0 Å². The van der Waals surface area contributed by atoms with Crippen LogP contribution < -0.4 is 16.0 Å². The maximum atomic E-state index is 12.7. The van der Waals surface area contributed by atoms with Gasteiger partial charge in [-0.15, -0.1) is 0 Å². The molecule has 140 valence electrons. The lowest BCUT2D eigenvalue weighted by atomic mass is 9.90. The molecule has 1 heterocycles. The van der Waals surface area contributed by atoms with Crippen LogP contribution in [0.1, 0.15) is 58.8 Å². The van der Waals surface area contributed by atoms with E-state index < -0.39 is 30.1 Å². The first-order valence-electron chi connectivity index (χ1n) is 9.06. The summed E-state index contributed by atoms with van der Waals surface area (Å²) in [6.07, 6.45) is 5.85. The summed E-state index contributed by atoms with van der Waals surface area (Å²) in [6.45, 7) is 4.09. The molecule has 2 aliphatic rings. The van der Waals surface area contributed by atoms with Gasteiger partial charge in [-0.1, -0.05) is 39.5 Å². The normalized spacial score (nSPS) is 19.7. The van der Waals surface area contributed by atoms with Crippen molar-refractivity contribution in [2.24, 2.45) is 5.92 Å². The highest BCUT2D eigenvalue weighted by Gasteiger charge is 2.51. The van der Waals surface area contributed by atoms with E-state index in [1.807, 2.05) is 13.8 Å². The highest BCUT2D eigenvalue weighted by atomic mass is 16.2. The Balaban J connectivity index is 1.87. The zero-order valence-electron chi connectivity index (χ0n) is 15.0. The molecule has 0 aromatic heterocycles. The zero-order chi connectivity index (χ0) is 18.4. The lowest BCUT2D eigenvalue weighted by Crippen LogP contribution is -2.48. The van der Waals surface area contributed by atoms with E-state index in [1.54, 1.807) is 0 Å². The second-order valence-electron chi connectivity index (χ2n) is 7.30. The van der Waals surface area contributed by atoms with Gasteiger partial charge in [0.2, 0.25) is 5.91 Å². The molecular weight excluding hydrogens is 324 g/mol. The van der Waals surface area contributed by atoms with Crippen molar-refractivity contribution < 1.29 is 19.2 Å². The standard InChI is InChI=1S/C17H28N4O4/c1-12(2)7-10-18-15(24)19-13(22)11-21-14(23)17(20-16(21)25)8-5-3-4-6-9-17/h12H,3-11H2,1-2H3,(H,20,25)(H2,18,19,22,24). The Bertz CT molecular complexity index is 539. The van der Waals surface area contributed by atoms with Gasteiger partial charge in [-0.2, -0.15) is 0 Å². The average molecular weight is 352 g/mol. The summed E-state index contributed by atoms with van der Waals surface area (Å²) in [7, 11) is 0. The molecule has 0 aromatic carbocycles. The van der Waals surface area contributed by atoms with Crippen molar-refractivity contribution in [3.63, 3.8) is 0 Å². The van der Waals surface area contributed by atoms with Crippen molar-refractivity contribution in [1.82, 2.24) is 20.9 Å². The van der Waals surface area contributed by atoms with Crippen LogP contribution in [0.25, 0.3) is 0 Å². The highest BCUT2D eigenvalue weighted by molar-refractivity contribution is 6.10. The van der Waals surface area contributed by atoms with E-state index in [4.69, 9.17) is 0 Å². The largest absolute Gasteiger partial charge is 0.338 e. The van der Waals surface area contributed by atoms with Crippen LogP contribution in [0.3, 0.4) is 0 Å². The number of imide groups is 2. The van der Waals surface area contributed by atoms with E-state index >= 15 is 0 Å². The monoisotopic (exact) mass is 352 g/mol. The van der Waals surface area contributed by atoms with Gasteiger partial charge in [0.25, 0.3) is 5.91 Å². The molecule has 2 fully saturated rings. The maximum Gasteiger partial charge on any atom is 0.325 e. The van der Waals surface area contributed by atoms with E-state index in [1.165, 1.54) is 0 Å². The van der Waals surface area contributed by atoms with Crippen LogP contribution in [0.2, 0.25) is 0 Å². The minimum Gasteiger partial charge on any atom is -0.338 e. The van der Waals surface area contributed by atoms with Crippen LogP contribution in [-0.2, 0) is 9.59 Å². The van der Waals surface area contributed by atoms with Gasteiger partial charge in [-0.25, -0.2) is 9.59 Å². The van der Waals surface area contributed by atoms with Gasteiger partial charge in [0.15, 0.2) is 0 Å². The van der Waals surface area contributed by atoms with Crippen molar-refractivity contribution in [1.29, 1.82) is 0 Å². The van der Waals surface area contributed by atoms with Gasteiger partial charge in [-0.05, 0) is 25.2 Å². The minimum atomic E-state index is -0.868. The predicted octanol–water partition coefficient (Wildman–Crippen LogP) is 1.50. The third kappa shape index (κ3) is 4.93. The summed E-state index contributed by atoms with van der Waals surface area (Å²) in [4.78, 5) is 49.4. The Labute approximate surface area is 148 Å². The first kappa shape index (κ1) is 19.2. The molecule has 0 bridgehead atoms. The number of nitrogens with one attached hydrogen (secondary N) is 3. The smallest absolute Gasteiger partial charge is 0.325 e. The second kappa shape index (κ2) is 8.31. The van der Waals surface area contributed by atoms with Crippen LogP contribution in [0.4, 0.5) is 9.59 Å². The van der Waals surface area contributed by atoms with Crippen LogP contribution >= 0.6 is 0 Å². The summed E-state index contributed by atoms with van der Waals surface area (Å²) in [5.74, 6) is -0.580. The Kier molecular flexibility index (Phi) is 6.39. The summed E-state index contributed by atoms with van der Waals surface area (Å²) >= 11 is 0. The van der Waals surface area contributed by atoms with Crippen LogP contribution in [0, 0.1) is 5.92 Å². The Morgan fingerprint density at radius 1 is 1.16 bits per heavy atom. The van der Waals surface area contributed by atoms with E-state index in [-0.39, 0.29) is 5.91 Å². The number of carbonyl (C=O) groups is 4. The summed E-state index contributed by atoms with van der Waals surface area (Å²) in [5.41, 5.74) is -0.868. The Morgan fingerprint density at radius 2 is 1.80 bits per heavy atom. The zero-order valence-corrected chi connectivity index (χ0v) is 15.0. The molecule has 0 aromatic rings. The molecule has 8 heteroatoms. The number of hydrogen-bond donors (Lipinski definition) is 3. The molecule has 1 saturated heterocycles. The lowest BCUT2D eigenvalue weighted by Gasteiger charge is -2.24. The molecule has 8 nitrogen and oxygen atoms in total. The molecule has 3 N–H and O–H groups in total. The predicted molar refractivity (Wildman–Crippen MR) is 91.7 cm³/mol. The van der Waals surface area contributed by atoms with Crippen molar-refractivity contribution in [3.05, 3.63) is 0 Å². The molecule has 1 spiro atoms. The van der Waals surface area contributed by atoms with Gasteiger partial charge < -0.3 is 10.6 Å². The first-order chi connectivity index (χ1) is 11.8. The number of rotatable bonds is 5. The molecule has 0 radical (unpaired) electrons. The molecule has 2 rings (SSSR count). The van der Waals surface area contributed by atoms with E-state index in [2.05, 4.69) is 16.0 Å². The summed E-state index contributed by atoms with van der Waals surface area (Å²) in [6, 6.07) is -1.16. The quantitative estimate of drug-likeness (QED) is 0.652. The first-order valence-corrected chi connectivity index (χ1v) is 9.06. The van der Waals surface area contributed by atoms with Gasteiger partial charge in [-0.3, -0.25) is 19.8 Å². The summed E-state index contributed by atoms with van der Waals surface area (Å²) < 4.78 is 0. The number of nitrogens with zero attached hydrogens (tertiary/aromatic N) is 1. The molecule has 25 heavy (non-hydrogen) atoms. The van der Waals surface area contributed by atoms with E-state index in [9.17, 15) is 19.2 Å². The minimum absolute atomic E-state index is 0.352. The second-order valence-corrected chi connectivity index (χ2v) is 7.30. The highest BCUT2D eigenvalue weighted by Crippen LogP contribution is 2.32. The molecule has 0 unspecified atom stereocenters. The third-order valence-corrected chi connectivity index (χ3v) is 4.76. The number of urea groups is 2. The Morgan fingerprint density at radius 3 is 2.40 bits per heavy atom. The van der Waals surface area contributed by atoms with Crippen molar-refractivity contribution in [2.75, 3.05) is 13.1 Å². The molecule has 6 amide bonds. The molecule has 0 atom stereocenters. The molecule has 1 aliphatic carbocycles. The summed E-state index contributed by atoms with van der Waals surface area (Å²) in [5, 5.41) is 7.52. The van der Waals surface area contributed by atoms with Gasteiger partial charge in [0, 0.05) is 6.54 Å². The van der Waals surface area contributed by atoms with Gasteiger partial charge in [0.05, 0.1) is 0 Å². The Hall–Kier alpha value is -2.12. The van der Waals surface area contributed by atoms with Crippen molar-refractivity contribution in [2.45, 2.75) is 64.3 Å². The molecule has 1 saturated carbocycles. The fraction of sp³-hybridized carbons (Fsp3) is 0.765. The average Bonchev–Trinajstić information content (AvgIpc) is 2.71. The van der Waals surface area contributed by atoms with Crippen LogP contribution in [-0.4, -0.2) is 47.4 Å². The van der Waals surface area contributed by atoms with Gasteiger partial charge in [0.1, 0.15) is 12.1 Å². The number of hydrogen-bond acceptors (Lipinski definition) is 4. The fourth-order valence-electron chi connectivity index (χ4n) is 3.32. The van der Waals surface area contributed by atoms with E-state index in [0.717, 1.165) is 37.0 Å². The topological polar surface area (TPSA) is 108 Å². The number of carbonyl (C=O) groups excluding carboxylic acids is 4. The SMILES string of the molecule is CC(C)CCNC(=O)NC(=O)CN1C(=O)NC2(CCCCCC2)C1=O. The van der Waals surface area contributed by atoms with Crippen molar-refractivity contribution in [3.8, 4) is 0 Å². The third-order valence-electron chi connectivity index (χ3n) is 4.76.